The molecule has 112 valence electrons. The molecule has 3 N–H and O–H groups in total. The van der Waals surface area contributed by atoms with E-state index in [0.717, 1.165) is 19.3 Å². The Balaban J connectivity index is 1.64. The fraction of sp³-hybridized carbons (Fsp3) is 0.857. The van der Waals surface area contributed by atoms with Gasteiger partial charge >= 0.3 is 6.03 Å². The largest absolute Gasteiger partial charge is 0.339 e. The zero-order chi connectivity index (χ0) is 14.3. The highest BCUT2D eigenvalue weighted by atomic mass is 16.2. The molecule has 0 aromatic carbocycles. The molecule has 0 spiro atoms. The van der Waals surface area contributed by atoms with Crippen molar-refractivity contribution in [2.45, 2.75) is 38.3 Å². The van der Waals surface area contributed by atoms with Crippen LogP contribution in [0.1, 0.15) is 26.2 Å². The fourth-order valence-corrected chi connectivity index (χ4v) is 3.78. The predicted molar refractivity (Wildman–Crippen MR) is 75.0 cm³/mol. The number of piperazine rings is 1. The number of nitrogens with zero attached hydrogens (tertiary/aromatic N) is 2. The molecule has 1 saturated carbocycles. The van der Waals surface area contributed by atoms with E-state index in [1.165, 1.54) is 0 Å². The highest BCUT2D eigenvalue weighted by Gasteiger charge is 2.40. The Labute approximate surface area is 119 Å². The summed E-state index contributed by atoms with van der Waals surface area (Å²) in [6, 6.07) is 0.302. The van der Waals surface area contributed by atoms with Crippen molar-refractivity contribution < 1.29 is 9.59 Å². The van der Waals surface area contributed by atoms with E-state index in [2.05, 4.69) is 12.2 Å². The second kappa shape index (κ2) is 5.24. The first-order valence-corrected chi connectivity index (χ1v) is 7.66. The topological polar surface area (TPSA) is 78.7 Å². The van der Waals surface area contributed by atoms with Crippen molar-refractivity contribution in [2.24, 2.45) is 17.6 Å². The summed E-state index contributed by atoms with van der Waals surface area (Å²) in [4.78, 5) is 28.1. The molecule has 0 bridgehead atoms. The first kappa shape index (κ1) is 13.7. The Morgan fingerprint density at radius 1 is 1.35 bits per heavy atom. The van der Waals surface area contributed by atoms with Crippen LogP contribution in [0.25, 0.3) is 0 Å². The lowest BCUT2D eigenvalue weighted by molar-refractivity contribution is -0.140. The second-order valence-corrected chi connectivity index (χ2v) is 6.38. The van der Waals surface area contributed by atoms with E-state index in [0.29, 0.717) is 26.2 Å². The standard InChI is InChI=1S/C14H24N4O2/c1-9-11(3-2-4-12(9)15)13(19)17-5-6-18-10(8-17)7-16-14(18)20/h9-12H,2-8,15H2,1H3,(H,16,20). The minimum atomic E-state index is 0.00940. The van der Waals surface area contributed by atoms with Gasteiger partial charge in [-0.05, 0) is 18.8 Å². The zero-order valence-corrected chi connectivity index (χ0v) is 12.0. The van der Waals surface area contributed by atoms with E-state index in [9.17, 15) is 9.59 Å². The fourth-order valence-electron chi connectivity index (χ4n) is 3.78. The molecule has 6 heteroatoms. The van der Waals surface area contributed by atoms with Crippen molar-refractivity contribution in [1.82, 2.24) is 15.1 Å². The first-order chi connectivity index (χ1) is 9.58. The average Bonchev–Trinajstić information content (AvgIpc) is 2.82. The van der Waals surface area contributed by atoms with Gasteiger partial charge in [-0.3, -0.25) is 4.79 Å². The molecule has 0 radical (unpaired) electrons. The number of urea groups is 1. The maximum atomic E-state index is 12.7. The lowest BCUT2D eigenvalue weighted by Crippen LogP contribution is -2.56. The number of carbonyl (C=O) groups is 2. The van der Waals surface area contributed by atoms with E-state index < -0.39 is 0 Å². The number of rotatable bonds is 1. The van der Waals surface area contributed by atoms with Crippen LogP contribution in [0.5, 0.6) is 0 Å². The number of nitrogens with two attached hydrogens (primary N) is 1. The molecule has 0 aromatic rings. The van der Waals surface area contributed by atoms with Gasteiger partial charge in [-0.2, -0.15) is 0 Å². The Bertz CT molecular complexity index is 414. The van der Waals surface area contributed by atoms with Gasteiger partial charge in [0.2, 0.25) is 5.91 Å². The van der Waals surface area contributed by atoms with Gasteiger partial charge in [0.1, 0.15) is 0 Å². The molecular weight excluding hydrogens is 256 g/mol. The molecule has 20 heavy (non-hydrogen) atoms. The quantitative estimate of drug-likeness (QED) is 0.709. The normalized spacial score (nSPS) is 37.6. The molecule has 6 nitrogen and oxygen atoms in total. The summed E-state index contributed by atoms with van der Waals surface area (Å²) in [5, 5.41) is 2.85. The average molecular weight is 280 g/mol. The van der Waals surface area contributed by atoms with E-state index in [-0.39, 0.29) is 35.9 Å². The van der Waals surface area contributed by atoms with Crippen LogP contribution < -0.4 is 11.1 Å². The SMILES string of the molecule is CC1C(N)CCCC1C(=O)N1CCN2C(=O)NCC2C1. The third kappa shape index (κ3) is 2.26. The summed E-state index contributed by atoms with van der Waals surface area (Å²) in [6.07, 6.45) is 3.03. The molecule has 0 aromatic heterocycles. The van der Waals surface area contributed by atoms with Crippen LogP contribution in [0.3, 0.4) is 0 Å². The van der Waals surface area contributed by atoms with Crippen molar-refractivity contribution >= 4 is 11.9 Å². The number of hydrogen-bond donors (Lipinski definition) is 2. The maximum Gasteiger partial charge on any atom is 0.317 e. The highest BCUT2D eigenvalue weighted by Crippen LogP contribution is 2.31. The van der Waals surface area contributed by atoms with Crippen LogP contribution in [0.2, 0.25) is 0 Å². The van der Waals surface area contributed by atoms with Gasteiger partial charge in [0.05, 0.1) is 6.04 Å². The molecule has 3 rings (SSSR count). The van der Waals surface area contributed by atoms with Gasteiger partial charge in [0.25, 0.3) is 0 Å². The summed E-state index contributed by atoms with van der Waals surface area (Å²) >= 11 is 0. The van der Waals surface area contributed by atoms with Crippen LogP contribution in [0.4, 0.5) is 4.79 Å². The highest BCUT2D eigenvalue weighted by molar-refractivity contribution is 5.81. The van der Waals surface area contributed by atoms with Gasteiger partial charge in [-0.1, -0.05) is 13.3 Å². The number of fused-ring (bicyclic) bond motifs is 1. The smallest absolute Gasteiger partial charge is 0.317 e. The number of amides is 3. The molecule has 3 aliphatic rings. The van der Waals surface area contributed by atoms with Crippen molar-refractivity contribution in [3.63, 3.8) is 0 Å². The predicted octanol–water partition coefficient (Wildman–Crippen LogP) is -0.0141. The molecule has 2 heterocycles. The van der Waals surface area contributed by atoms with Crippen LogP contribution in [-0.2, 0) is 4.79 Å². The number of hydrogen-bond acceptors (Lipinski definition) is 3. The Morgan fingerprint density at radius 3 is 2.95 bits per heavy atom. The van der Waals surface area contributed by atoms with Crippen LogP contribution in [0, 0.1) is 11.8 Å². The van der Waals surface area contributed by atoms with Gasteiger partial charge in [-0.15, -0.1) is 0 Å². The van der Waals surface area contributed by atoms with E-state index in [1.807, 2.05) is 9.80 Å². The molecule has 2 aliphatic heterocycles. The van der Waals surface area contributed by atoms with Crippen molar-refractivity contribution in [1.29, 1.82) is 0 Å². The lowest BCUT2D eigenvalue weighted by Gasteiger charge is -2.41. The van der Waals surface area contributed by atoms with Crippen molar-refractivity contribution in [3.05, 3.63) is 0 Å². The molecule has 4 unspecified atom stereocenters. The van der Waals surface area contributed by atoms with E-state index >= 15 is 0 Å². The second-order valence-electron chi connectivity index (χ2n) is 6.38. The number of nitrogens with one attached hydrogen (secondary N) is 1. The number of carbonyl (C=O) groups excluding carboxylic acids is 2. The molecule has 3 amide bonds. The summed E-state index contributed by atoms with van der Waals surface area (Å²) < 4.78 is 0. The van der Waals surface area contributed by atoms with Crippen LogP contribution in [-0.4, -0.2) is 60.0 Å². The van der Waals surface area contributed by atoms with Crippen molar-refractivity contribution in [3.8, 4) is 0 Å². The van der Waals surface area contributed by atoms with Crippen molar-refractivity contribution in [2.75, 3.05) is 26.2 Å². The van der Waals surface area contributed by atoms with E-state index in [4.69, 9.17) is 5.73 Å². The molecule has 1 aliphatic carbocycles. The maximum absolute atomic E-state index is 12.7. The first-order valence-electron chi connectivity index (χ1n) is 7.66. The third-order valence-corrected chi connectivity index (χ3v) is 5.22. The molecule has 3 fully saturated rings. The summed E-state index contributed by atoms with van der Waals surface area (Å²) in [5.41, 5.74) is 6.11. The molecule has 4 atom stereocenters. The Kier molecular flexibility index (Phi) is 3.58. The minimum Gasteiger partial charge on any atom is -0.339 e. The zero-order valence-electron chi connectivity index (χ0n) is 12.0. The monoisotopic (exact) mass is 280 g/mol. The third-order valence-electron chi connectivity index (χ3n) is 5.22. The van der Waals surface area contributed by atoms with Gasteiger partial charge in [0, 0.05) is 38.1 Å². The molecular formula is C14H24N4O2. The summed E-state index contributed by atoms with van der Waals surface area (Å²) in [5.74, 6) is 0.569. The van der Waals surface area contributed by atoms with Gasteiger partial charge in [0.15, 0.2) is 0 Å². The van der Waals surface area contributed by atoms with Gasteiger partial charge < -0.3 is 20.9 Å². The van der Waals surface area contributed by atoms with Crippen LogP contribution in [0.15, 0.2) is 0 Å². The lowest BCUT2D eigenvalue weighted by atomic mass is 9.76. The van der Waals surface area contributed by atoms with E-state index in [1.54, 1.807) is 0 Å². The van der Waals surface area contributed by atoms with Gasteiger partial charge in [-0.25, -0.2) is 4.79 Å². The summed E-state index contributed by atoms with van der Waals surface area (Å²) in [7, 11) is 0. The summed E-state index contributed by atoms with van der Waals surface area (Å²) in [6.45, 7) is 4.72. The minimum absolute atomic E-state index is 0.00940. The Hall–Kier alpha value is -1.30. The molecule has 2 saturated heterocycles. The van der Waals surface area contributed by atoms with Crippen LogP contribution >= 0.6 is 0 Å². The Morgan fingerprint density at radius 2 is 2.15 bits per heavy atom.